The predicted molar refractivity (Wildman–Crippen MR) is 86.4 cm³/mol. The topological polar surface area (TPSA) is 62.3 Å². The quantitative estimate of drug-likeness (QED) is 0.849. The number of aromatic nitrogens is 2. The number of halogens is 4. The van der Waals surface area contributed by atoms with E-state index in [1.807, 2.05) is 13.8 Å². The molecule has 134 valence electrons. The normalized spacial score (nSPS) is 11.3. The molecule has 9 heteroatoms. The SMILES string of the molecule is CC(C)Oc1ccc(OC(F)(F)F)c(-c2cnn(CCN)c2)c1.Cl. The minimum absolute atomic E-state index is 0. The summed E-state index contributed by atoms with van der Waals surface area (Å²) in [5.41, 5.74) is 6.19. The Morgan fingerprint density at radius 3 is 2.58 bits per heavy atom. The molecule has 0 saturated heterocycles. The van der Waals surface area contributed by atoms with Crippen molar-refractivity contribution in [1.82, 2.24) is 9.78 Å². The maximum atomic E-state index is 12.6. The summed E-state index contributed by atoms with van der Waals surface area (Å²) in [6.45, 7) is 4.51. The van der Waals surface area contributed by atoms with E-state index in [2.05, 4.69) is 9.84 Å². The molecule has 1 aromatic heterocycles. The summed E-state index contributed by atoms with van der Waals surface area (Å²) < 4.78 is 48.9. The van der Waals surface area contributed by atoms with Crippen LogP contribution in [0, 0.1) is 0 Å². The molecule has 5 nitrogen and oxygen atoms in total. The summed E-state index contributed by atoms with van der Waals surface area (Å²) in [7, 11) is 0. The van der Waals surface area contributed by atoms with Crippen LogP contribution >= 0.6 is 12.4 Å². The highest BCUT2D eigenvalue weighted by molar-refractivity contribution is 5.85. The first-order valence-electron chi connectivity index (χ1n) is 7.08. The highest BCUT2D eigenvalue weighted by atomic mass is 35.5. The lowest BCUT2D eigenvalue weighted by Crippen LogP contribution is -2.17. The van der Waals surface area contributed by atoms with E-state index in [-0.39, 0.29) is 29.8 Å². The first-order valence-corrected chi connectivity index (χ1v) is 7.08. The standard InChI is InChI=1S/C15H18F3N3O2.ClH/c1-10(2)22-12-3-4-14(23-15(16,17)18)13(7-12)11-8-20-21(9-11)6-5-19;/h3-4,7-10H,5-6,19H2,1-2H3;1H. The molecule has 24 heavy (non-hydrogen) atoms. The Kier molecular flexibility index (Phi) is 6.92. The van der Waals surface area contributed by atoms with Gasteiger partial charge in [0.2, 0.25) is 0 Å². The average molecular weight is 366 g/mol. The van der Waals surface area contributed by atoms with Gasteiger partial charge in [0, 0.05) is 23.9 Å². The number of rotatable bonds is 6. The minimum Gasteiger partial charge on any atom is -0.491 e. The minimum atomic E-state index is -4.78. The lowest BCUT2D eigenvalue weighted by atomic mass is 10.1. The summed E-state index contributed by atoms with van der Waals surface area (Å²) in [4.78, 5) is 0. The Morgan fingerprint density at radius 1 is 1.29 bits per heavy atom. The van der Waals surface area contributed by atoms with E-state index in [4.69, 9.17) is 10.5 Å². The number of benzene rings is 1. The van der Waals surface area contributed by atoms with Crippen molar-refractivity contribution in [2.45, 2.75) is 32.9 Å². The second-order valence-electron chi connectivity index (χ2n) is 5.15. The van der Waals surface area contributed by atoms with Crippen molar-refractivity contribution in [3.63, 3.8) is 0 Å². The smallest absolute Gasteiger partial charge is 0.491 e. The van der Waals surface area contributed by atoms with Gasteiger partial charge >= 0.3 is 6.36 Å². The highest BCUT2D eigenvalue weighted by Crippen LogP contribution is 2.36. The van der Waals surface area contributed by atoms with Crippen molar-refractivity contribution in [2.75, 3.05) is 6.54 Å². The molecule has 0 radical (unpaired) electrons. The lowest BCUT2D eigenvalue weighted by Gasteiger charge is -2.15. The third-order valence-electron chi connectivity index (χ3n) is 2.85. The van der Waals surface area contributed by atoms with Crippen LogP contribution in [0.15, 0.2) is 30.6 Å². The first-order chi connectivity index (χ1) is 10.8. The molecule has 0 unspecified atom stereocenters. The fourth-order valence-electron chi connectivity index (χ4n) is 2.05. The molecule has 0 fully saturated rings. The van der Waals surface area contributed by atoms with Crippen LogP contribution in [0.25, 0.3) is 11.1 Å². The number of nitrogens with zero attached hydrogens (tertiary/aromatic N) is 2. The summed E-state index contributed by atoms with van der Waals surface area (Å²) in [6.07, 6.45) is -1.79. The van der Waals surface area contributed by atoms with Gasteiger partial charge in [0.05, 0.1) is 18.8 Å². The molecule has 0 bridgehead atoms. The zero-order valence-corrected chi connectivity index (χ0v) is 14.0. The largest absolute Gasteiger partial charge is 0.573 e. The molecule has 0 aliphatic rings. The van der Waals surface area contributed by atoms with Crippen LogP contribution in [-0.4, -0.2) is 28.8 Å². The molecule has 0 saturated carbocycles. The maximum absolute atomic E-state index is 12.6. The van der Waals surface area contributed by atoms with Gasteiger partial charge in [-0.2, -0.15) is 5.10 Å². The van der Waals surface area contributed by atoms with E-state index in [9.17, 15) is 13.2 Å². The summed E-state index contributed by atoms with van der Waals surface area (Å²) in [6, 6.07) is 4.18. The molecule has 2 rings (SSSR count). The zero-order valence-electron chi connectivity index (χ0n) is 13.2. The monoisotopic (exact) mass is 365 g/mol. The van der Waals surface area contributed by atoms with Gasteiger partial charge in [0.15, 0.2) is 0 Å². The van der Waals surface area contributed by atoms with Gasteiger partial charge in [-0.25, -0.2) is 0 Å². The summed E-state index contributed by atoms with van der Waals surface area (Å²) in [5.74, 6) is 0.150. The molecular formula is C15H19ClF3N3O2. The van der Waals surface area contributed by atoms with Crippen molar-refractivity contribution >= 4 is 12.4 Å². The van der Waals surface area contributed by atoms with E-state index in [0.29, 0.717) is 24.4 Å². The average Bonchev–Trinajstić information content (AvgIpc) is 2.87. The van der Waals surface area contributed by atoms with E-state index in [0.717, 1.165) is 0 Å². The van der Waals surface area contributed by atoms with Crippen molar-refractivity contribution in [3.05, 3.63) is 30.6 Å². The molecule has 0 amide bonds. The molecule has 0 spiro atoms. The van der Waals surface area contributed by atoms with Gasteiger partial charge in [0.1, 0.15) is 11.5 Å². The second-order valence-corrected chi connectivity index (χ2v) is 5.15. The van der Waals surface area contributed by atoms with Crippen LogP contribution in [0.2, 0.25) is 0 Å². The molecule has 0 aliphatic carbocycles. The van der Waals surface area contributed by atoms with Crippen LogP contribution in [0.1, 0.15) is 13.8 Å². The van der Waals surface area contributed by atoms with Crippen molar-refractivity contribution < 1.29 is 22.6 Å². The molecule has 1 heterocycles. The van der Waals surface area contributed by atoms with E-state index in [1.54, 1.807) is 10.9 Å². The van der Waals surface area contributed by atoms with Gasteiger partial charge in [-0.05, 0) is 32.0 Å². The molecule has 0 atom stereocenters. The second kappa shape index (κ2) is 8.25. The van der Waals surface area contributed by atoms with Crippen LogP contribution in [0.4, 0.5) is 13.2 Å². The van der Waals surface area contributed by atoms with E-state index in [1.165, 1.54) is 24.4 Å². The summed E-state index contributed by atoms with van der Waals surface area (Å²) in [5, 5.41) is 4.07. The van der Waals surface area contributed by atoms with Gasteiger partial charge in [-0.1, -0.05) is 0 Å². The number of hydrogen-bond acceptors (Lipinski definition) is 4. The van der Waals surface area contributed by atoms with Crippen molar-refractivity contribution in [1.29, 1.82) is 0 Å². The molecule has 0 aliphatic heterocycles. The van der Waals surface area contributed by atoms with Crippen molar-refractivity contribution in [3.8, 4) is 22.6 Å². The van der Waals surface area contributed by atoms with Gasteiger partial charge < -0.3 is 15.2 Å². The highest BCUT2D eigenvalue weighted by Gasteiger charge is 2.32. The Balaban J connectivity index is 0.00000288. The fraction of sp³-hybridized carbons (Fsp3) is 0.400. The Morgan fingerprint density at radius 2 is 2.00 bits per heavy atom. The van der Waals surface area contributed by atoms with Crippen LogP contribution in [0.3, 0.4) is 0 Å². The number of alkyl halides is 3. The van der Waals surface area contributed by atoms with Crippen LogP contribution in [0.5, 0.6) is 11.5 Å². The number of nitrogens with two attached hydrogens (primary N) is 1. The molecule has 2 N–H and O–H groups in total. The summed E-state index contributed by atoms with van der Waals surface area (Å²) >= 11 is 0. The third-order valence-corrected chi connectivity index (χ3v) is 2.85. The molecule has 2 aromatic rings. The number of ether oxygens (including phenoxy) is 2. The molecule has 1 aromatic carbocycles. The number of hydrogen-bond donors (Lipinski definition) is 1. The Hall–Kier alpha value is -1.93. The third kappa shape index (κ3) is 5.61. The fourth-order valence-corrected chi connectivity index (χ4v) is 2.05. The van der Waals surface area contributed by atoms with E-state index >= 15 is 0 Å². The lowest BCUT2D eigenvalue weighted by molar-refractivity contribution is -0.274. The Labute approximate surface area is 144 Å². The zero-order chi connectivity index (χ0) is 17.0. The van der Waals surface area contributed by atoms with Gasteiger partial charge in [-0.15, -0.1) is 25.6 Å². The van der Waals surface area contributed by atoms with Crippen LogP contribution in [-0.2, 0) is 6.54 Å². The first kappa shape index (κ1) is 20.1. The van der Waals surface area contributed by atoms with Crippen molar-refractivity contribution in [2.24, 2.45) is 5.73 Å². The maximum Gasteiger partial charge on any atom is 0.573 e. The molecular weight excluding hydrogens is 347 g/mol. The van der Waals surface area contributed by atoms with E-state index < -0.39 is 6.36 Å². The predicted octanol–water partition coefficient (Wildman–Crippen LogP) is 3.62. The van der Waals surface area contributed by atoms with Gasteiger partial charge in [0.25, 0.3) is 0 Å². The Bertz CT molecular complexity index is 660. The van der Waals surface area contributed by atoms with Crippen LogP contribution < -0.4 is 15.2 Å². The van der Waals surface area contributed by atoms with Gasteiger partial charge in [-0.3, -0.25) is 4.68 Å².